The third-order valence-corrected chi connectivity index (χ3v) is 5.32. The molecule has 0 radical (unpaired) electrons. The second-order valence-electron chi connectivity index (χ2n) is 6.54. The van der Waals surface area contributed by atoms with Crippen LogP contribution in [-0.4, -0.2) is 23.6 Å². The van der Waals surface area contributed by atoms with Gasteiger partial charge in [-0.15, -0.1) is 0 Å². The number of rotatable bonds is 2. The molecule has 2 unspecified atom stereocenters. The van der Waals surface area contributed by atoms with E-state index in [9.17, 15) is 9.59 Å². The molecule has 1 aliphatic heterocycles. The van der Waals surface area contributed by atoms with Crippen molar-refractivity contribution < 1.29 is 14.8 Å². The first-order chi connectivity index (χ1) is 11.7. The number of hydrogen-bond acceptors (Lipinski definition) is 3. The summed E-state index contributed by atoms with van der Waals surface area (Å²) in [5, 5.41) is 11.8. The highest BCUT2D eigenvalue weighted by Gasteiger charge is 2.54. The van der Waals surface area contributed by atoms with Crippen molar-refractivity contribution in [2.24, 2.45) is 5.41 Å². The average Bonchev–Trinajstić information content (AvgIpc) is 3.14. The van der Waals surface area contributed by atoms with Gasteiger partial charge in [0, 0.05) is 18.0 Å². The van der Waals surface area contributed by atoms with Crippen molar-refractivity contribution in [3.8, 4) is 0 Å². The van der Waals surface area contributed by atoms with Crippen molar-refractivity contribution in [1.29, 1.82) is 0 Å². The summed E-state index contributed by atoms with van der Waals surface area (Å²) >= 11 is 0. The molecule has 2 amide bonds. The van der Waals surface area contributed by atoms with E-state index in [1.54, 1.807) is 17.6 Å². The van der Waals surface area contributed by atoms with E-state index in [0.29, 0.717) is 18.5 Å². The van der Waals surface area contributed by atoms with Gasteiger partial charge in [0.05, 0.1) is 5.41 Å². The summed E-state index contributed by atoms with van der Waals surface area (Å²) in [4.78, 5) is 24.4. The molecule has 122 valence electrons. The van der Waals surface area contributed by atoms with Crippen molar-refractivity contribution in [3.05, 3.63) is 70.8 Å². The first kappa shape index (κ1) is 14.9. The molecule has 2 atom stereocenters. The van der Waals surface area contributed by atoms with Crippen LogP contribution in [0.1, 0.15) is 39.4 Å². The van der Waals surface area contributed by atoms with Crippen LogP contribution < -0.4 is 10.8 Å². The van der Waals surface area contributed by atoms with Crippen molar-refractivity contribution in [2.75, 3.05) is 6.54 Å². The van der Waals surface area contributed by atoms with Gasteiger partial charge in [-0.2, -0.15) is 0 Å². The standard InChI is InChI=1S/C19H18N2O3/c22-17(21-24)13-6-7-15-14(10-13)11-19(8-9-20-18(19)23)16(15)12-4-2-1-3-5-12/h1-7,10,16,24H,8-9,11H2,(H,20,23)(H,21,22). The predicted molar refractivity (Wildman–Crippen MR) is 87.7 cm³/mol. The fourth-order valence-corrected chi connectivity index (χ4v) is 4.26. The molecule has 1 fully saturated rings. The van der Waals surface area contributed by atoms with Crippen molar-refractivity contribution in [1.82, 2.24) is 10.8 Å². The summed E-state index contributed by atoms with van der Waals surface area (Å²) in [5.74, 6) is -0.464. The number of fused-ring (bicyclic) bond motifs is 1. The molecular weight excluding hydrogens is 304 g/mol. The zero-order valence-corrected chi connectivity index (χ0v) is 13.1. The maximum absolute atomic E-state index is 12.7. The van der Waals surface area contributed by atoms with Crippen LogP contribution in [-0.2, 0) is 11.2 Å². The van der Waals surface area contributed by atoms with Crippen molar-refractivity contribution in [3.63, 3.8) is 0 Å². The number of hydroxylamine groups is 1. The van der Waals surface area contributed by atoms with Crippen LogP contribution in [0.3, 0.4) is 0 Å². The summed E-state index contributed by atoms with van der Waals surface area (Å²) in [6.45, 7) is 0.681. The number of carbonyl (C=O) groups is 2. The summed E-state index contributed by atoms with van der Waals surface area (Å²) in [6.07, 6.45) is 1.39. The minimum Gasteiger partial charge on any atom is -0.356 e. The summed E-state index contributed by atoms with van der Waals surface area (Å²) in [7, 11) is 0. The zero-order valence-electron chi connectivity index (χ0n) is 13.1. The molecule has 4 rings (SSSR count). The maximum atomic E-state index is 12.7. The molecule has 3 N–H and O–H groups in total. The van der Waals surface area contributed by atoms with Crippen LogP contribution in [0.5, 0.6) is 0 Å². The van der Waals surface area contributed by atoms with Gasteiger partial charge in [-0.3, -0.25) is 14.8 Å². The maximum Gasteiger partial charge on any atom is 0.274 e. The number of nitrogens with one attached hydrogen (secondary N) is 2. The van der Waals surface area contributed by atoms with Crippen molar-refractivity contribution in [2.45, 2.75) is 18.8 Å². The lowest BCUT2D eigenvalue weighted by Gasteiger charge is -2.29. The largest absolute Gasteiger partial charge is 0.356 e. The third-order valence-electron chi connectivity index (χ3n) is 5.32. The van der Waals surface area contributed by atoms with E-state index in [1.165, 1.54) is 0 Å². The normalized spacial score (nSPS) is 24.7. The molecule has 1 heterocycles. The molecule has 0 aromatic heterocycles. The van der Waals surface area contributed by atoms with Crippen molar-refractivity contribution >= 4 is 11.8 Å². The van der Waals surface area contributed by atoms with Gasteiger partial charge in [-0.25, -0.2) is 5.48 Å². The van der Waals surface area contributed by atoms with Crippen LogP contribution in [0, 0.1) is 5.41 Å². The SMILES string of the molecule is O=C(NO)c1ccc2c(c1)CC1(CCNC1=O)C2c1ccccc1. The van der Waals surface area contributed by atoms with E-state index in [2.05, 4.69) is 17.4 Å². The van der Waals surface area contributed by atoms with Gasteiger partial charge >= 0.3 is 0 Å². The summed E-state index contributed by atoms with van der Waals surface area (Å²) in [5.41, 5.74) is 4.79. The monoisotopic (exact) mass is 322 g/mol. The van der Waals surface area contributed by atoms with E-state index in [-0.39, 0.29) is 11.8 Å². The first-order valence-corrected chi connectivity index (χ1v) is 8.06. The molecule has 5 heteroatoms. The Labute approximate surface area is 139 Å². The first-order valence-electron chi connectivity index (χ1n) is 8.06. The van der Waals surface area contributed by atoms with E-state index < -0.39 is 11.3 Å². The fraction of sp³-hybridized carbons (Fsp3) is 0.263. The van der Waals surface area contributed by atoms with E-state index in [0.717, 1.165) is 23.1 Å². The Morgan fingerprint density at radius 1 is 1.21 bits per heavy atom. The molecular formula is C19H18N2O3. The Hall–Kier alpha value is -2.66. The number of hydrogen-bond donors (Lipinski definition) is 3. The molecule has 2 aliphatic rings. The van der Waals surface area contributed by atoms with Gasteiger partial charge in [0.2, 0.25) is 5.91 Å². The van der Waals surface area contributed by atoms with Crippen LogP contribution in [0.4, 0.5) is 0 Å². The highest BCUT2D eigenvalue weighted by Crippen LogP contribution is 2.54. The smallest absolute Gasteiger partial charge is 0.274 e. The van der Waals surface area contributed by atoms with E-state index >= 15 is 0 Å². The molecule has 0 saturated carbocycles. The van der Waals surface area contributed by atoms with Gasteiger partial charge in [0.25, 0.3) is 5.91 Å². The van der Waals surface area contributed by atoms with Gasteiger partial charge in [-0.1, -0.05) is 36.4 Å². The minimum absolute atomic E-state index is 0.0116. The molecule has 2 aromatic carbocycles. The lowest BCUT2D eigenvalue weighted by atomic mass is 9.71. The number of benzene rings is 2. The molecule has 2 aromatic rings. The minimum atomic E-state index is -0.536. The van der Waals surface area contributed by atoms with Gasteiger partial charge < -0.3 is 5.32 Å². The summed E-state index contributed by atoms with van der Waals surface area (Å²) < 4.78 is 0. The molecule has 1 saturated heterocycles. The molecule has 24 heavy (non-hydrogen) atoms. The van der Waals surface area contributed by atoms with Crippen LogP contribution >= 0.6 is 0 Å². The highest BCUT2D eigenvalue weighted by atomic mass is 16.5. The van der Waals surface area contributed by atoms with Crippen LogP contribution in [0.25, 0.3) is 0 Å². The van der Waals surface area contributed by atoms with Gasteiger partial charge in [-0.05, 0) is 41.7 Å². The van der Waals surface area contributed by atoms with E-state index in [4.69, 9.17) is 5.21 Å². The molecule has 1 aliphatic carbocycles. The lowest BCUT2D eigenvalue weighted by Crippen LogP contribution is -2.35. The van der Waals surface area contributed by atoms with Crippen LogP contribution in [0.2, 0.25) is 0 Å². The highest BCUT2D eigenvalue weighted by molar-refractivity contribution is 5.94. The number of carbonyl (C=O) groups excluding carboxylic acids is 2. The summed E-state index contributed by atoms with van der Waals surface area (Å²) in [6, 6.07) is 15.5. The average molecular weight is 322 g/mol. The lowest BCUT2D eigenvalue weighted by molar-refractivity contribution is -0.127. The quantitative estimate of drug-likeness (QED) is 0.584. The Bertz CT molecular complexity index is 819. The number of amides is 2. The third kappa shape index (κ3) is 2.05. The van der Waals surface area contributed by atoms with Crippen LogP contribution in [0.15, 0.2) is 48.5 Å². The molecule has 1 spiro atoms. The zero-order chi connectivity index (χ0) is 16.7. The van der Waals surface area contributed by atoms with Gasteiger partial charge in [0.1, 0.15) is 0 Å². The van der Waals surface area contributed by atoms with Gasteiger partial charge in [0.15, 0.2) is 0 Å². The Morgan fingerprint density at radius 3 is 2.67 bits per heavy atom. The van der Waals surface area contributed by atoms with E-state index in [1.807, 2.05) is 24.3 Å². The Morgan fingerprint density at radius 2 is 2.00 bits per heavy atom. The Balaban J connectivity index is 1.87. The fourth-order valence-electron chi connectivity index (χ4n) is 4.26. The molecule has 0 bridgehead atoms. The second kappa shape index (κ2) is 5.46. The predicted octanol–water partition coefficient (Wildman–Crippen LogP) is 2.00. The topological polar surface area (TPSA) is 78.4 Å². The Kier molecular flexibility index (Phi) is 3.39. The second-order valence-corrected chi connectivity index (χ2v) is 6.54. The molecule has 5 nitrogen and oxygen atoms in total.